The summed E-state index contributed by atoms with van der Waals surface area (Å²) in [4.78, 5) is 55.7. The van der Waals surface area contributed by atoms with E-state index in [2.05, 4.69) is 15.6 Å². The van der Waals surface area contributed by atoms with Gasteiger partial charge in [0, 0.05) is 31.2 Å². The van der Waals surface area contributed by atoms with Gasteiger partial charge in [0.2, 0.25) is 10.0 Å². The largest absolute Gasteiger partial charge is 0.480 e. The number of hydrogen-bond acceptors (Lipinski definition) is 7. The molecule has 1 spiro atoms. The van der Waals surface area contributed by atoms with Gasteiger partial charge in [0.05, 0.1) is 34.1 Å². The van der Waals surface area contributed by atoms with Crippen LogP contribution in [0, 0.1) is 0 Å². The molecular formula is C28H28Cl2N6O7S. The molecule has 1 saturated heterocycles. The van der Waals surface area contributed by atoms with Gasteiger partial charge in [0.25, 0.3) is 5.91 Å². The molecule has 5 rings (SSSR count). The minimum Gasteiger partial charge on any atom is -0.480 e. The van der Waals surface area contributed by atoms with Gasteiger partial charge in [-0.15, -0.1) is 0 Å². The number of piperidine rings is 1. The molecule has 2 aliphatic heterocycles. The van der Waals surface area contributed by atoms with Crippen molar-refractivity contribution in [3.63, 3.8) is 0 Å². The molecule has 13 nitrogen and oxygen atoms in total. The Balaban J connectivity index is 1.23. The number of benzene rings is 2. The zero-order chi connectivity index (χ0) is 31.8. The number of carbonyl (C=O) groups excluding carboxylic acids is 2. The van der Waals surface area contributed by atoms with E-state index in [-0.39, 0.29) is 41.1 Å². The third kappa shape index (κ3) is 6.23. The van der Waals surface area contributed by atoms with Crippen molar-refractivity contribution in [2.75, 3.05) is 35.5 Å². The Hall–Kier alpha value is -4.14. The molecule has 3 N–H and O–H groups in total. The summed E-state index contributed by atoms with van der Waals surface area (Å²) in [5.41, 5.74) is 0.231. The second-order valence-corrected chi connectivity index (χ2v) is 13.4. The SMILES string of the molecule is CS(=O)(=O)N1CC2(CCN(C(=O)N[C@@H](Cn3ccc(NC(=O)c4c(Cl)cccc4Cl)nc3=O)C(=O)O)CC2)c2ccccc21. The van der Waals surface area contributed by atoms with Crippen molar-refractivity contribution in [1.82, 2.24) is 19.8 Å². The number of hydrogen-bond donors (Lipinski definition) is 3. The van der Waals surface area contributed by atoms with Crippen LogP contribution in [0.5, 0.6) is 0 Å². The lowest BCUT2D eigenvalue weighted by molar-refractivity contribution is -0.139. The van der Waals surface area contributed by atoms with E-state index in [1.807, 2.05) is 12.1 Å². The molecule has 3 amide bonds. The highest BCUT2D eigenvalue weighted by Crippen LogP contribution is 2.47. The van der Waals surface area contributed by atoms with Gasteiger partial charge in [0.1, 0.15) is 11.9 Å². The van der Waals surface area contributed by atoms with Crippen LogP contribution in [0.25, 0.3) is 0 Å². The number of aromatic nitrogens is 2. The topological polar surface area (TPSA) is 171 Å². The van der Waals surface area contributed by atoms with E-state index in [1.54, 1.807) is 18.2 Å². The smallest absolute Gasteiger partial charge is 0.349 e. The number of rotatable bonds is 7. The van der Waals surface area contributed by atoms with Crippen LogP contribution in [-0.4, -0.2) is 77.8 Å². The van der Waals surface area contributed by atoms with Gasteiger partial charge in [-0.2, -0.15) is 4.98 Å². The fourth-order valence-corrected chi connectivity index (χ4v) is 7.17. The number of nitrogens with zero attached hydrogens (tertiary/aromatic N) is 4. The Labute approximate surface area is 262 Å². The molecule has 0 unspecified atom stereocenters. The maximum Gasteiger partial charge on any atom is 0.349 e. The number of sulfonamides is 1. The predicted octanol–water partition coefficient (Wildman–Crippen LogP) is 2.78. The second-order valence-electron chi connectivity index (χ2n) is 10.7. The Bertz CT molecular complexity index is 1790. The fourth-order valence-electron chi connectivity index (χ4n) is 5.60. The van der Waals surface area contributed by atoms with Crippen LogP contribution in [0.3, 0.4) is 0 Å². The molecule has 1 fully saturated rings. The molecule has 1 atom stereocenters. The number of urea groups is 1. The van der Waals surface area contributed by atoms with Crippen LogP contribution in [0.1, 0.15) is 28.8 Å². The minimum atomic E-state index is -3.49. The first kappa shape index (κ1) is 31.3. The van der Waals surface area contributed by atoms with Crippen LogP contribution in [0.2, 0.25) is 10.0 Å². The van der Waals surface area contributed by atoms with E-state index in [0.717, 1.165) is 10.1 Å². The highest BCUT2D eigenvalue weighted by atomic mass is 35.5. The maximum absolute atomic E-state index is 13.1. The lowest BCUT2D eigenvalue weighted by Gasteiger charge is -2.40. The number of amides is 3. The number of carbonyl (C=O) groups is 3. The van der Waals surface area contributed by atoms with E-state index in [0.29, 0.717) is 18.5 Å². The molecule has 44 heavy (non-hydrogen) atoms. The standard InChI is InChI=1S/C28H28Cl2N6O7S/c1-44(42,43)36-16-28(17-5-2-3-8-21(17)36)10-13-34(14-11-28)26(40)31-20(25(38)39)15-35-12-9-22(33-27(35)41)32-24(37)23-18(29)6-4-7-19(23)30/h2-9,12,20H,10-11,13-16H2,1H3,(H,31,40)(H,38,39)(H,32,33,37,41)/t20-/m0/s1. The first-order valence-corrected chi connectivity index (χ1v) is 16.1. The quantitative estimate of drug-likeness (QED) is 0.347. The number of fused-ring (bicyclic) bond motifs is 2. The summed E-state index contributed by atoms with van der Waals surface area (Å²) >= 11 is 12.1. The number of halogens is 2. The van der Waals surface area contributed by atoms with Gasteiger partial charge < -0.3 is 20.6 Å². The van der Waals surface area contributed by atoms with Crippen LogP contribution in [0.4, 0.5) is 16.3 Å². The van der Waals surface area contributed by atoms with E-state index < -0.39 is 51.6 Å². The third-order valence-corrected chi connectivity index (χ3v) is 9.64. The number of aliphatic carboxylic acids is 1. The van der Waals surface area contributed by atoms with Crippen LogP contribution < -0.4 is 20.6 Å². The Morgan fingerprint density at radius 3 is 2.32 bits per heavy atom. The van der Waals surface area contributed by atoms with Crippen molar-refractivity contribution in [2.45, 2.75) is 30.8 Å². The highest BCUT2D eigenvalue weighted by Gasteiger charge is 2.47. The zero-order valence-electron chi connectivity index (χ0n) is 23.4. The van der Waals surface area contributed by atoms with E-state index in [1.165, 1.54) is 39.9 Å². The number of para-hydroxylation sites is 1. The van der Waals surface area contributed by atoms with Gasteiger partial charge in [0.15, 0.2) is 0 Å². The normalized spacial score (nSPS) is 16.3. The monoisotopic (exact) mass is 662 g/mol. The Morgan fingerprint density at radius 2 is 1.70 bits per heavy atom. The van der Waals surface area contributed by atoms with Gasteiger partial charge >= 0.3 is 17.7 Å². The van der Waals surface area contributed by atoms with Crippen molar-refractivity contribution < 1.29 is 27.9 Å². The number of carboxylic acids is 1. The summed E-state index contributed by atoms with van der Waals surface area (Å²) in [6, 6.07) is 11.1. The average molecular weight is 664 g/mol. The molecule has 16 heteroatoms. The number of likely N-dealkylation sites (tertiary alicyclic amines) is 1. The molecule has 1 aromatic heterocycles. The Kier molecular flexibility index (Phi) is 8.60. The average Bonchev–Trinajstić information content (AvgIpc) is 3.28. The molecule has 2 aromatic carbocycles. The summed E-state index contributed by atoms with van der Waals surface area (Å²) < 4.78 is 27.3. The Morgan fingerprint density at radius 1 is 1.05 bits per heavy atom. The summed E-state index contributed by atoms with van der Waals surface area (Å²) in [6.45, 7) is 0.396. The molecule has 0 radical (unpaired) electrons. The van der Waals surface area contributed by atoms with E-state index in [4.69, 9.17) is 23.2 Å². The maximum atomic E-state index is 13.1. The zero-order valence-corrected chi connectivity index (χ0v) is 25.7. The molecule has 0 aliphatic carbocycles. The lowest BCUT2D eigenvalue weighted by Crippen LogP contribution is -2.54. The van der Waals surface area contributed by atoms with Crippen molar-refractivity contribution >= 4 is 62.6 Å². The van der Waals surface area contributed by atoms with Gasteiger partial charge in [-0.25, -0.2) is 22.8 Å². The van der Waals surface area contributed by atoms with Crippen molar-refractivity contribution in [3.8, 4) is 0 Å². The van der Waals surface area contributed by atoms with Crippen LogP contribution in [-0.2, 0) is 26.8 Å². The van der Waals surface area contributed by atoms with Crippen LogP contribution >= 0.6 is 23.2 Å². The van der Waals surface area contributed by atoms with Crippen molar-refractivity contribution in [1.29, 1.82) is 0 Å². The van der Waals surface area contributed by atoms with Crippen molar-refractivity contribution in [2.24, 2.45) is 0 Å². The molecule has 3 heterocycles. The van der Waals surface area contributed by atoms with E-state index >= 15 is 0 Å². The molecule has 2 aliphatic rings. The van der Waals surface area contributed by atoms with Gasteiger partial charge in [-0.1, -0.05) is 47.5 Å². The first-order chi connectivity index (χ1) is 20.8. The summed E-state index contributed by atoms with van der Waals surface area (Å²) in [7, 11) is -3.49. The van der Waals surface area contributed by atoms with Gasteiger partial charge in [-0.05, 0) is 42.7 Å². The second kappa shape index (κ2) is 12.1. The molecule has 0 bridgehead atoms. The van der Waals surface area contributed by atoms with E-state index in [9.17, 15) is 32.7 Å². The number of carboxylic acid groups (broad SMARTS) is 1. The highest BCUT2D eigenvalue weighted by molar-refractivity contribution is 7.92. The fraction of sp³-hybridized carbons (Fsp3) is 0.321. The molecule has 232 valence electrons. The third-order valence-electron chi connectivity index (χ3n) is 7.88. The van der Waals surface area contributed by atoms with Crippen LogP contribution in [0.15, 0.2) is 59.5 Å². The summed E-state index contributed by atoms with van der Waals surface area (Å²) in [6.07, 6.45) is 3.38. The molecular weight excluding hydrogens is 635 g/mol. The summed E-state index contributed by atoms with van der Waals surface area (Å²) in [5, 5.41) is 14.9. The molecule has 0 saturated carbocycles. The number of anilines is 2. The summed E-state index contributed by atoms with van der Waals surface area (Å²) in [5.74, 6) is -2.15. The predicted molar refractivity (Wildman–Crippen MR) is 164 cm³/mol. The molecule has 3 aromatic rings. The van der Waals surface area contributed by atoms with Gasteiger partial charge in [-0.3, -0.25) is 13.7 Å². The van der Waals surface area contributed by atoms with Crippen molar-refractivity contribution in [3.05, 3.63) is 86.4 Å². The lowest BCUT2D eigenvalue weighted by atomic mass is 9.74. The minimum absolute atomic E-state index is 0.00367. The first-order valence-electron chi connectivity index (χ1n) is 13.5. The number of nitrogens with one attached hydrogen (secondary N) is 2.